The Labute approximate surface area is 293 Å². The number of ether oxygens (including phenoxy) is 1. The van der Waals surface area contributed by atoms with Crippen LogP contribution in [-0.2, 0) is 12.0 Å². The molecule has 1 aliphatic rings. The zero-order valence-electron chi connectivity index (χ0n) is 29.5. The van der Waals surface area contributed by atoms with Crippen molar-refractivity contribution in [1.82, 2.24) is 15.5 Å². The summed E-state index contributed by atoms with van der Waals surface area (Å²) in [6, 6.07) is 21.6. The lowest BCUT2D eigenvalue weighted by Crippen LogP contribution is -2.51. The molecule has 268 valence electrons. The first-order chi connectivity index (χ1) is 23.4. The Morgan fingerprint density at radius 1 is 0.959 bits per heavy atom. The number of carbonyl (C=O) groups excluding carboxylic acids is 2. The Morgan fingerprint density at radius 2 is 1.65 bits per heavy atom. The van der Waals surface area contributed by atoms with E-state index in [0.717, 1.165) is 36.1 Å². The van der Waals surface area contributed by atoms with Gasteiger partial charge in [-0.05, 0) is 87.4 Å². The molecule has 1 saturated heterocycles. The number of hydrogen-bond donors (Lipinski definition) is 5. The van der Waals surface area contributed by atoms with Gasteiger partial charge in [-0.2, -0.15) is 0 Å². The van der Waals surface area contributed by atoms with Crippen LogP contribution in [0.3, 0.4) is 0 Å². The maximum absolute atomic E-state index is 14.1. The smallest absolute Gasteiger partial charge is 0.253 e. The fraction of sp³-hybridized carbons (Fsp3) is 0.474. The summed E-state index contributed by atoms with van der Waals surface area (Å²) < 4.78 is 28.9. The lowest BCUT2D eigenvalue weighted by Gasteiger charge is -2.47. The van der Waals surface area contributed by atoms with E-state index in [1.165, 1.54) is 4.31 Å². The Kier molecular flexibility index (Phi) is 13.5. The van der Waals surface area contributed by atoms with Crippen LogP contribution in [0.25, 0.3) is 0 Å². The molecule has 0 spiro atoms. The molecule has 3 aromatic rings. The Morgan fingerprint density at radius 3 is 2.31 bits per heavy atom. The average Bonchev–Trinajstić information content (AvgIpc) is 3.10. The second-order valence-corrected chi connectivity index (χ2v) is 15.4. The second kappa shape index (κ2) is 17.4. The van der Waals surface area contributed by atoms with Gasteiger partial charge in [0.15, 0.2) is 0 Å². The largest absolute Gasteiger partial charge is 0.497 e. The highest BCUT2D eigenvalue weighted by molar-refractivity contribution is 8.25. The van der Waals surface area contributed by atoms with Gasteiger partial charge in [-0.3, -0.25) is 23.0 Å². The van der Waals surface area contributed by atoms with Gasteiger partial charge in [0.2, 0.25) is 0 Å². The first-order valence-electron chi connectivity index (χ1n) is 17.3. The van der Waals surface area contributed by atoms with Crippen LogP contribution in [0.15, 0.2) is 72.8 Å². The molecule has 0 unspecified atom stereocenters. The third-order valence-electron chi connectivity index (χ3n) is 9.00. The quantitative estimate of drug-likeness (QED) is 0.116. The molecule has 10 nitrogen and oxygen atoms in total. The van der Waals surface area contributed by atoms with Crippen molar-refractivity contribution in [2.24, 2.45) is 0 Å². The number of amides is 2. The molecule has 0 saturated carbocycles. The molecule has 49 heavy (non-hydrogen) atoms. The molecule has 1 aliphatic heterocycles. The fourth-order valence-electron chi connectivity index (χ4n) is 6.17. The van der Waals surface area contributed by atoms with Crippen molar-refractivity contribution in [3.63, 3.8) is 0 Å². The number of benzene rings is 3. The van der Waals surface area contributed by atoms with E-state index in [4.69, 9.17) is 4.74 Å². The number of carbonyl (C=O) groups is 2. The minimum Gasteiger partial charge on any atom is -0.497 e. The number of aliphatic hydroxyl groups excluding tert-OH is 1. The van der Waals surface area contributed by atoms with E-state index < -0.39 is 34.4 Å². The molecule has 3 aromatic carbocycles. The highest BCUT2D eigenvalue weighted by atomic mass is 32.3. The summed E-state index contributed by atoms with van der Waals surface area (Å²) in [7, 11) is -1.48. The van der Waals surface area contributed by atoms with Crippen LogP contribution < -0.4 is 19.7 Å². The Hall–Kier alpha value is -3.61. The summed E-state index contributed by atoms with van der Waals surface area (Å²) in [5.41, 5.74) is 2.37. The molecule has 0 radical (unpaired) electrons. The van der Waals surface area contributed by atoms with Crippen molar-refractivity contribution >= 4 is 28.3 Å². The number of nitrogens with zero attached hydrogens (tertiary/aromatic N) is 2. The van der Waals surface area contributed by atoms with Gasteiger partial charge in [0.05, 0.1) is 30.7 Å². The summed E-state index contributed by atoms with van der Waals surface area (Å²) in [5, 5.41) is 18.1. The summed E-state index contributed by atoms with van der Waals surface area (Å²) in [6.45, 7) is 9.80. The number of rotatable bonds is 16. The molecule has 11 heteroatoms. The van der Waals surface area contributed by atoms with Crippen molar-refractivity contribution in [3.8, 4) is 5.75 Å². The lowest BCUT2D eigenvalue weighted by molar-refractivity contribution is 0.0755. The van der Waals surface area contributed by atoms with Crippen LogP contribution >= 0.6 is 10.8 Å². The summed E-state index contributed by atoms with van der Waals surface area (Å²) in [5.74, 6) is 0.294. The second-order valence-electron chi connectivity index (χ2n) is 13.3. The van der Waals surface area contributed by atoms with Crippen molar-refractivity contribution in [1.29, 1.82) is 0 Å². The minimum atomic E-state index is -3.11. The molecule has 0 aromatic heterocycles. The first kappa shape index (κ1) is 38.2. The normalized spacial score (nSPS) is 16.4. The maximum atomic E-state index is 14.1. The number of methoxy groups -OCH3 is 1. The zero-order chi connectivity index (χ0) is 35.6. The van der Waals surface area contributed by atoms with Crippen LogP contribution in [0.1, 0.15) is 85.2 Å². The molecule has 2 atom stereocenters. The predicted molar refractivity (Wildman–Crippen MR) is 199 cm³/mol. The monoisotopic (exact) mass is 694 g/mol. The van der Waals surface area contributed by atoms with Crippen molar-refractivity contribution in [2.75, 3.05) is 43.3 Å². The minimum absolute atomic E-state index is 0.184. The molecular formula is C38H54N4O6S. The number of hydrogen-bond acceptors (Lipinski definition) is 8. The summed E-state index contributed by atoms with van der Waals surface area (Å²) in [6.07, 6.45) is 2.41. The molecule has 2 amide bonds. The van der Waals surface area contributed by atoms with Crippen LogP contribution in [-0.4, -0.2) is 82.1 Å². The van der Waals surface area contributed by atoms with Crippen LogP contribution in [0.2, 0.25) is 0 Å². The van der Waals surface area contributed by atoms with Gasteiger partial charge in [0, 0.05) is 42.8 Å². The van der Waals surface area contributed by atoms with Gasteiger partial charge in [-0.1, -0.05) is 56.3 Å². The SMILES string of the molecule is CCCN(CCC)C(=O)c1cc(C(=O)N[C@@H](Cc2ccccc2)[C@H](O)CNC(C)(C)c2cccc(OC)c2)cc(N2CCCCS2(O)O)c1. The van der Waals surface area contributed by atoms with E-state index >= 15 is 0 Å². The van der Waals surface area contributed by atoms with E-state index in [1.54, 1.807) is 30.2 Å². The Balaban J connectivity index is 1.65. The highest BCUT2D eigenvalue weighted by Crippen LogP contribution is 2.49. The lowest BCUT2D eigenvalue weighted by atomic mass is 9.93. The molecule has 0 bridgehead atoms. The van der Waals surface area contributed by atoms with Crippen molar-refractivity contribution < 1.29 is 28.5 Å². The average molecular weight is 695 g/mol. The van der Waals surface area contributed by atoms with Crippen molar-refractivity contribution in [3.05, 3.63) is 95.1 Å². The molecular weight excluding hydrogens is 641 g/mol. The fourth-order valence-corrected chi connectivity index (χ4v) is 7.85. The van der Waals surface area contributed by atoms with Gasteiger partial charge in [0.25, 0.3) is 11.8 Å². The third-order valence-corrected chi connectivity index (χ3v) is 10.9. The topological polar surface area (TPSA) is 135 Å². The Bertz CT molecular complexity index is 1530. The summed E-state index contributed by atoms with van der Waals surface area (Å²) >= 11 is 0. The summed E-state index contributed by atoms with van der Waals surface area (Å²) in [4.78, 5) is 29.7. The van der Waals surface area contributed by atoms with E-state index in [0.29, 0.717) is 43.7 Å². The van der Waals surface area contributed by atoms with E-state index in [-0.39, 0.29) is 23.8 Å². The first-order valence-corrected chi connectivity index (χ1v) is 19.0. The maximum Gasteiger partial charge on any atom is 0.253 e. The number of anilines is 1. The van der Waals surface area contributed by atoms with Crippen LogP contribution in [0.4, 0.5) is 5.69 Å². The third kappa shape index (κ3) is 10.2. The van der Waals surface area contributed by atoms with E-state index in [1.807, 2.05) is 82.3 Å². The molecule has 5 N–H and O–H groups in total. The standard InChI is InChI=1S/C38H54N4O6S/c1-6-18-41(19-7-2)37(45)30-23-29(24-32(25-30)42-20-11-12-21-49(42,46)47)36(44)40-34(22-28-14-9-8-10-15-28)35(43)27-39-38(3,4)31-16-13-17-33(26-31)48-5/h8-10,13-17,23-26,34-35,39,43,46-47H,6-7,11-12,18-22,27H2,1-5H3,(H,40,44)/t34-,35+/m0/s1. The highest BCUT2D eigenvalue weighted by Gasteiger charge is 2.31. The van der Waals surface area contributed by atoms with Crippen LogP contribution in [0.5, 0.6) is 5.75 Å². The predicted octanol–water partition coefficient (Wildman–Crippen LogP) is 6.45. The molecule has 4 rings (SSSR count). The number of aliphatic hydroxyl groups is 1. The van der Waals surface area contributed by atoms with Crippen molar-refractivity contribution in [2.45, 2.75) is 77.5 Å². The molecule has 1 fully saturated rings. The zero-order valence-corrected chi connectivity index (χ0v) is 30.3. The van der Waals surface area contributed by atoms with Gasteiger partial charge >= 0.3 is 0 Å². The van der Waals surface area contributed by atoms with E-state index in [9.17, 15) is 23.8 Å². The van der Waals surface area contributed by atoms with Gasteiger partial charge in [-0.25, -0.2) is 0 Å². The van der Waals surface area contributed by atoms with Crippen LogP contribution in [0, 0.1) is 0 Å². The van der Waals surface area contributed by atoms with Gasteiger partial charge < -0.3 is 25.4 Å². The van der Waals surface area contributed by atoms with Gasteiger partial charge in [-0.15, -0.1) is 10.8 Å². The molecule has 0 aliphatic carbocycles. The number of nitrogens with one attached hydrogen (secondary N) is 2. The van der Waals surface area contributed by atoms with Gasteiger partial charge in [0.1, 0.15) is 5.75 Å². The molecule has 1 heterocycles. The van der Waals surface area contributed by atoms with E-state index in [2.05, 4.69) is 10.6 Å².